The molecule has 0 bridgehead atoms. The predicted molar refractivity (Wildman–Crippen MR) is 68.2 cm³/mol. The minimum absolute atomic E-state index is 0.136. The highest BCUT2D eigenvalue weighted by Gasteiger charge is 2.43. The fourth-order valence-corrected chi connectivity index (χ4v) is 2.45. The molecule has 1 heterocycles. The second-order valence-electron chi connectivity index (χ2n) is 6.35. The van der Waals surface area contributed by atoms with Crippen molar-refractivity contribution < 1.29 is 19.1 Å². The molecule has 3 atom stereocenters. The number of ether oxygens (including phenoxy) is 1. The van der Waals surface area contributed by atoms with Crippen LogP contribution in [0.15, 0.2) is 0 Å². The van der Waals surface area contributed by atoms with E-state index in [1.165, 1.54) is 0 Å². The fraction of sp³-hybridized carbons (Fsp3) is 0.917. The average Bonchev–Trinajstić information content (AvgIpc) is 2.41. The van der Waals surface area contributed by atoms with E-state index in [1.807, 2.05) is 6.92 Å². The topological polar surface area (TPSA) is 55.8 Å². The molecule has 0 unspecified atom stereocenters. The lowest BCUT2D eigenvalue weighted by molar-refractivity contribution is -0.148. The zero-order valence-electron chi connectivity index (χ0n) is 11.6. The molecule has 0 aliphatic carbocycles. The zero-order chi connectivity index (χ0) is 13.4. The molecular weight excluding hydrogens is 236 g/mol. The molecule has 100 valence electrons. The number of rotatable bonds is 3. The van der Waals surface area contributed by atoms with Crippen molar-refractivity contribution in [2.24, 2.45) is 5.92 Å². The van der Waals surface area contributed by atoms with Crippen molar-refractivity contribution in [2.45, 2.75) is 58.0 Å². The second-order valence-corrected chi connectivity index (χ2v) is 11.2. The van der Waals surface area contributed by atoms with Crippen LogP contribution < -0.4 is 0 Å². The number of hydrogen-bond donors (Lipinski definition) is 1. The van der Waals surface area contributed by atoms with Crippen LogP contribution in [0.2, 0.25) is 18.1 Å². The summed E-state index contributed by atoms with van der Waals surface area (Å²) in [6.45, 7) is 13.0. The molecule has 1 saturated heterocycles. The number of hydrogen-bond acceptors (Lipinski definition) is 4. The van der Waals surface area contributed by atoms with Crippen molar-refractivity contribution in [3.63, 3.8) is 0 Å². The standard InChI is InChI=1S/C12H24O4Si/c1-8-9(16-11(14)10(8)13)7-15-17(5,6)12(2,3)4/h8-10,13H,7H2,1-6H3/t8-,9-,10+/m0/s1. The Hall–Kier alpha value is -0.393. The van der Waals surface area contributed by atoms with E-state index in [2.05, 4.69) is 33.9 Å². The molecule has 4 nitrogen and oxygen atoms in total. The van der Waals surface area contributed by atoms with Crippen molar-refractivity contribution in [1.29, 1.82) is 0 Å². The van der Waals surface area contributed by atoms with Gasteiger partial charge in [-0.2, -0.15) is 0 Å². The maximum atomic E-state index is 11.2. The van der Waals surface area contributed by atoms with Crippen LogP contribution in [0, 0.1) is 5.92 Å². The van der Waals surface area contributed by atoms with Gasteiger partial charge in [0.2, 0.25) is 0 Å². The summed E-state index contributed by atoms with van der Waals surface area (Å²) < 4.78 is 11.1. The minimum Gasteiger partial charge on any atom is -0.458 e. The van der Waals surface area contributed by atoms with Gasteiger partial charge in [0.1, 0.15) is 6.10 Å². The Morgan fingerprint density at radius 3 is 2.29 bits per heavy atom. The monoisotopic (exact) mass is 260 g/mol. The van der Waals surface area contributed by atoms with Crippen LogP contribution in [0.3, 0.4) is 0 Å². The summed E-state index contributed by atoms with van der Waals surface area (Å²) >= 11 is 0. The van der Waals surface area contributed by atoms with Crippen LogP contribution in [0.25, 0.3) is 0 Å². The maximum absolute atomic E-state index is 11.2. The van der Waals surface area contributed by atoms with Gasteiger partial charge in [0.25, 0.3) is 0 Å². The Balaban J connectivity index is 2.55. The lowest BCUT2D eigenvalue weighted by atomic mass is 10.0. The third kappa shape index (κ3) is 3.08. The molecule has 0 radical (unpaired) electrons. The smallest absolute Gasteiger partial charge is 0.335 e. The number of aliphatic hydroxyl groups is 1. The number of carbonyl (C=O) groups is 1. The summed E-state index contributed by atoms with van der Waals surface area (Å²) in [4.78, 5) is 11.2. The van der Waals surface area contributed by atoms with Crippen LogP contribution in [-0.2, 0) is 14.0 Å². The summed E-state index contributed by atoms with van der Waals surface area (Å²) in [5.41, 5.74) is 0. The van der Waals surface area contributed by atoms with E-state index in [9.17, 15) is 9.90 Å². The zero-order valence-corrected chi connectivity index (χ0v) is 12.6. The number of carbonyl (C=O) groups excluding carboxylic acids is 1. The van der Waals surface area contributed by atoms with Gasteiger partial charge in [0.05, 0.1) is 6.61 Å². The second kappa shape index (κ2) is 4.70. The Bertz CT molecular complexity index is 295. The van der Waals surface area contributed by atoms with Gasteiger partial charge >= 0.3 is 5.97 Å². The Kier molecular flexibility index (Phi) is 4.06. The molecule has 1 aliphatic rings. The van der Waals surface area contributed by atoms with Crippen molar-refractivity contribution in [2.75, 3.05) is 6.61 Å². The van der Waals surface area contributed by atoms with E-state index in [0.717, 1.165) is 0 Å². The van der Waals surface area contributed by atoms with Crippen molar-refractivity contribution >= 4 is 14.3 Å². The number of cyclic esters (lactones) is 1. The largest absolute Gasteiger partial charge is 0.458 e. The SMILES string of the molecule is C[C@H]1[C@H](CO[Si](C)(C)C(C)(C)C)OC(=O)[C@@H]1O. The normalized spacial score (nSPS) is 30.5. The van der Waals surface area contributed by atoms with Crippen molar-refractivity contribution in [3.8, 4) is 0 Å². The number of esters is 1. The molecular formula is C12H24O4Si. The molecule has 1 aliphatic heterocycles. The first-order valence-corrected chi connectivity index (χ1v) is 8.99. The Morgan fingerprint density at radius 2 is 1.94 bits per heavy atom. The highest BCUT2D eigenvalue weighted by atomic mass is 28.4. The molecule has 0 aromatic heterocycles. The lowest BCUT2D eigenvalue weighted by Crippen LogP contribution is -2.43. The molecule has 0 aromatic rings. The van der Waals surface area contributed by atoms with E-state index in [-0.39, 0.29) is 17.1 Å². The van der Waals surface area contributed by atoms with Crippen molar-refractivity contribution in [3.05, 3.63) is 0 Å². The Labute approximate surface area is 104 Å². The van der Waals surface area contributed by atoms with E-state index in [4.69, 9.17) is 9.16 Å². The van der Waals surface area contributed by atoms with Gasteiger partial charge in [-0.25, -0.2) is 4.79 Å². The molecule has 1 N–H and O–H groups in total. The maximum Gasteiger partial charge on any atom is 0.335 e. The summed E-state index contributed by atoms with van der Waals surface area (Å²) in [7, 11) is -1.82. The van der Waals surface area contributed by atoms with Crippen LogP contribution in [-0.4, -0.2) is 38.2 Å². The number of aliphatic hydroxyl groups excluding tert-OH is 1. The Morgan fingerprint density at radius 1 is 1.41 bits per heavy atom. The predicted octanol–water partition coefficient (Wildman–Crippen LogP) is 1.93. The first-order valence-electron chi connectivity index (χ1n) is 6.09. The van der Waals surface area contributed by atoms with E-state index in [1.54, 1.807) is 0 Å². The van der Waals surface area contributed by atoms with Crippen LogP contribution >= 0.6 is 0 Å². The van der Waals surface area contributed by atoms with E-state index < -0.39 is 20.4 Å². The van der Waals surface area contributed by atoms with Gasteiger partial charge in [-0.15, -0.1) is 0 Å². The molecule has 1 rings (SSSR count). The molecule has 0 amide bonds. The fourth-order valence-electron chi connectivity index (χ4n) is 1.44. The summed E-state index contributed by atoms with van der Waals surface area (Å²) in [5, 5.41) is 9.64. The van der Waals surface area contributed by atoms with Gasteiger partial charge in [0.15, 0.2) is 14.4 Å². The molecule has 5 heteroatoms. The minimum atomic E-state index is -1.82. The van der Waals surface area contributed by atoms with Gasteiger partial charge in [-0.05, 0) is 18.1 Å². The third-order valence-electron chi connectivity index (χ3n) is 4.01. The molecule has 0 spiro atoms. The molecule has 1 fully saturated rings. The first kappa shape index (κ1) is 14.7. The van der Waals surface area contributed by atoms with Crippen LogP contribution in [0.1, 0.15) is 27.7 Å². The molecule has 17 heavy (non-hydrogen) atoms. The average molecular weight is 260 g/mol. The summed E-state index contributed by atoms with van der Waals surface area (Å²) in [6.07, 6.45) is -1.31. The molecule has 0 aromatic carbocycles. The highest BCUT2D eigenvalue weighted by Crippen LogP contribution is 2.37. The first-order chi connectivity index (χ1) is 7.56. The highest BCUT2D eigenvalue weighted by molar-refractivity contribution is 6.74. The van der Waals surface area contributed by atoms with Crippen molar-refractivity contribution in [1.82, 2.24) is 0 Å². The summed E-state index contributed by atoms with van der Waals surface area (Å²) in [5.74, 6) is -0.714. The van der Waals surface area contributed by atoms with Crippen LogP contribution in [0.5, 0.6) is 0 Å². The summed E-state index contributed by atoms with van der Waals surface area (Å²) in [6, 6.07) is 0. The van der Waals surface area contributed by atoms with E-state index in [0.29, 0.717) is 6.61 Å². The van der Waals surface area contributed by atoms with Gasteiger partial charge < -0.3 is 14.3 Å². The van der Waals surface area contributed by atoms with E-state index >= 15 is 0 Å². The third-order valence-corrected chi connectivity index (χ3v) is 8.51. The van der Waals surface area contributed by atoms with Gasteiger partial charge in [0, 0.05) is 5.92 Å². The lowest BCUT2D eigenvalue weighted by Gasteiger charge is -2.37. The van der Waals surface area contributed by atoms with Gasteiger partial charge in [-0.3, -0.25) is 0 Å². The van der Waals surface area contributed by atoms with Crippen LogP contribution in [0.4, 0.5) is 0 Å². The van der Waals surface area contributed by atoms with Gasteiger partial charge in [-0.1, -0.05) is 27.7 Å². The molecule has 0 saturated carbocycles. The quantitative estimate of drug-likeness (QED) is 0.622.